The van der Waals surface area contributed by atoms with E-state index in [1.807, 2.05) is 6.07 Å². The molecule has 19 heavy (non-hydrogen) atoms. The summed E-state index contributed by atoms with van der Waals surface area (Å²) in [5, 5.41) is 2.72. The number of nitrogens with zero attached hydrogens (tertiary/aromatic N) is 2. The number of anilines is 1. The normalized spacial score (nSPS) is 19.0. The number of pyridine rings is 1. The molecule has 1 aliphatic heterocycles. The number of thiocarbonyl (C=S) groups is 1. The molecule has 3 N–H and O–H groups in total. The largest absolute Gasteiger partial charge is 0.388 e. The Morgan fingerprint density at radius 1 is 1.53 bits per heavy atom. The Hall–Kier alpha value is -1.69. The molecule has 1 aromatic rings. The van der Waals surface area contributed by atoms with Crippen molar-refractivity contribution in [3.8, 4) is 0 Å². The van der Waals surface area contributed by atoms with Gasteiger partial charge in [0.15, 0.2) is 0 Å². The second-order valence-electron chi connectivity index (χ2n) is 4.59. The molecular weight excluding hydrogens is 260 g/mol. The van der Waals surface area contributed by atoms with Crippen molar-refractivity contribution in [2.75, 3.05) is 18.5 Å². The Labute approximate surface area is 118 Å². The van der Waals surface area contributed by atoms with E-state index < -0.39 is 0 Å². The van der Waals surface area contributed by atoms with Gasteiger partial charge in [-0.05, 0) is 31.4 Å². The Balaban J connectivity index is 2.22. The highest BCUT2D eigenvalue weighted by atomic mass is 32.1. The van der Waals surface area contributed by atoms with Crippen LogP contribution in [0.4, 0.5) is 5.69 Å². The number of hydrogen-bond acceptors (Lipinski definition) is 4. The molecule has 2 rings (SSSR count). The molecule has 1 atom stereocenters. The van der Waals surface area contributed by atoms with E-state index in [0.29, 0.717) is 5.69 Å². The van der Waals surface area contributed by atoms with Gasteiger partial charge in [-0.2, -0.15) is 0 Å². The van der Waals surface area contributed by atoms with Gasteiger partial charge < -0.3 is 16.0 Å². The highest BCUT2D eigenvalue weighted by Gasteiger charge is 2.28. The van der Waals surface area contributed by atoms with Crippen LogP contribution in [0.3, 0.4) is 0 Å². The first-order chi connectivity index (χ1) is 9.13. The molecule has 2 heterocycles. The first kappa shape index (κ1) is 13.7. The third-order valence-corrected chi connectivity index (χ3v) is 3.59. The summed E-state index contributed by atoms with van der Waals surface area (Å²) in [7, 11) is 1.67. The number of carbonyl (C=O) groups is 1. The van der Waals surface area contributed by atoms with Crippen molar-refractivity contribution in [2.24, 2.45) is 5.73 Å². The Bertz CT molecular complexity index is 474. The van der Waals surface area contributed by atoms with Gasteiger partial charge in [-0.1, -0.05) is 12.2 Å². The lowest BCUT2D eigenvalue weighted by Gasteiger charge is -2.36. The molecule has 1 amide bonds. The first-order valence-corrected chi connectivity index (χ1v) is 6.78. The lowest BCUT2D eigenvalue weighted by molar-refractivity contribution is -0.122. The van der Waals surface area contributed by atoms with Crippen molar-refractivity contribution in [3.63, 3.8) is 0 Å². The van der Waals surface area contributed by atoms with E-state index in [2.05, 4.69) is 15.2 Å². The second-order valence-corrected chi connectivity index (χ2v) is 5.02. The molecule has 6 heteroatoms. The smallest absolute Gasteiger partial charge is 0.242 e. The van der Waals surface area contributed by atoms with Gasteiger partial charge in [0.2, 0.25) is 5.91 Å². The van der Waals surface area contributed by atoms with Crippen LogP contribution in [0.25, 0.3) is 0 Å². The standard InChI is InChI=1S/C13H18N4OS/c1-15-13(18)11-4-2-3-7-17(11)9-5-6-10(12(14)19)16-8-9/h5-6,8,11H,2-4,7H2,1H3,(H2,14,19)(H,15,18). The first-order valence-electron chi connectivity index (χ1n) is 6.37. The summed E-state index contributed by atoms with van der Waals surface area (Å²) in [6.07, 6.45) is 4.77. The van der Waals surface area contributed by atoms with Crippen LogP contribution in [0.2, 0.25) is 0 Å². The molecule has 1 saturated heterocycles. The predicted octanol–water partition coefficient (Wildman–Crippen LogP) is 0.821. The third kappa shape index (κ3) is 3.01. The SMILES string of the molecule is CNC(=O)C1CCCCN1c1ccc(C(N)=S)nc1. The molecule has 1 aliphatic rings. The summed E-state index contributed by atoms with van der Waals surface area (Å²) >= 11 is 4.88. The number of aromatic nitrogens is 1. The fourth-order valence-electron chi connectivity index (χ4n) is 2.38. The van der Waals surface area contributed by atoms with Crippen LogP contribution in [0.5, 0.6) is 0 Å². The molecule has 1 unspecified atom stereocenters. The molecule has 0 aliphatic carbocycles. The monoisotopic (exact) mass is 278 g/mol. The molecule has 0 aromatic carbocycles. The van der Waals surface area contributed by atoms with Crippen LogP contribution in [0.15, 0.2) is 18.3 Å². The average Bonchev–Trinajstić information content (AvgIpc) is 2.46. The van der Waals surface area contributed by atoms with Crippen LogP contribution in [-0.4, -0.2) is 35.5 Å². The highest BCUT2D eigenvalue weighted by molar-refractivity contribution is 7.80. The van der Waals surface area contributed by atoms with Crippen LogP contribution >= 0.6 is 12.2 Å². The molecule has 0 radical (unpaired) electrons. The van der Waals surface area contributed by atoms with Crippen molar-refractivity contribution in [1.29, 1.82) is 0 Å². The number of nitrogens with two attached hydrogens (primary N) is 1. The fourth-order valence-corrected chi connectivity index (χ4v) is 2.50. The number of hydrogen-bond donors (Lipinski definition) is 2. The van der Waals surface area contributed by atoms with Crippen LogP contribution < -0.4 is 16.0 Å². The Morgan fingerprint density at radius 3 is 2.89 bits per heavy atom. The minimum Gasteiger partial charge on any atom is -0.388 e. The summed E-state index contributed by atoms with van der Waals surface area (Å²) < 4.78 is 0. The Morgan fingerprint density at radius 2 is 2.32 bits per heavy atom. The number of rotatable bonds is 3. The fraction of sp³-hybridized carbons (Fsp3) is 0.462. The number of amides is 1. The van der Waals surface area contributed by atoms with Crippen LogP contribution in [0, 0.1) is 0 Å². The zero-order chi connectivity index (χ0) is 13.8. The maximum Gasteiger partial charge on any atom is 0.242 e. The lowest BCUT2D eigenvalue weighted by Crippen LogP contribution is -2.48. The van der Waals surface area contributed by atoms with Gasteiger partial charge in [-0.15, -0.1) is 0 Å². The molecule has 1 aromatic heterocycles. The summed E-state index contributed by atoms with van der Waals surface area (Å²) in [6.45, 7) is 0.867. The van der Waals surface area contributed by atoms with E-state index in [0.717, 1.165) is 31.5 Å². The zero-order valence-corrected chi connectivity index (χ0v) is 11.7. The minimum absolute atomic E-state index is 0.0538. The topological polar surface area (TPSA) is 71.2 Å². The summed E-state index contributed by atoms with van der Waals surface area (Å²) in [4.78, 5) is 18.5. The quantitative estimate of drug-likeness (QED) is 0.801. The van der Waals surface area contributed by atoms with E-state index in [-0.39, 0.29) is 16.9 Å². The Kier molecular flexibility index (Phi) is 4.31. The van der Waals surface area contributed by atoms with E-state index in [1.54, 1.807) is 19.3 Å². The van der Waals surface area contributed by atoms with Crippen LogP contribution in [-0.2, 0) is 4.79 Å². The van der Waals surface area contributed by atoms with Gasteiger partial charge >= 0.3 is 0 Å². The summed E-state index contributed by atoms with van der Waals surface area (Å²) in [6, 6.07) is 3.60. The van der Waals surface area contributed by atoms with Crippen molar-refractivity contribution in [2.45, 2.75) is 25.3 Å². The van der Waals surface area contributed by atoms with E-state index in [1.165, 1.54) is 0 Å². The number of carbonyl (C=O) groups excluding carboxylic acids is 1. The second kappa shape index (κ2) is 5.97. The number of likely N-dealkylation sites (N-methyl/N-ethyl adjacent to an activating group) is 1. The van der Waals surface area contributed by atoms with E-state index in [4.69, 9.17) is 18.0 Å². The molecule has 0 spiro atoms. The van der Waals surface area contributed by atoms with Crippen LogP contribution in [0.1, 0.15) is 25.0 Å². The summed E-state index contributed by atoms with van der Waals surface area (Å²) in [5.74, 6) is 0.0538. The van der Waals surface area contributed by atoms with Gasteiger partial charge in [-0.25, -0.2) is 0 Å². The van der Waals surface area contributed by atoms with Gasteiger partial charge in [0.05, 0.1) is 17.6 Å². The molecule has 5 nitrogen and oxygen atoms in total. The maximum atomic E-state index is 11.9. The zero-order valence-electron chi connectivity index (χ0n) is 10.9. The average molecular weight is 278 g/mol. The van der Waals surface area contributed by atoms with Crippen molar-refractivity contribution < 1.29 is 4.79 Å². The summed E-state index contributed by atoms with van der Waals surface area (Å²) in [5.41, 5.74) is 7.07. The van der Waals surface area contributed by atoms with Crippen molar-refractivity contribution in [1.82, 2.24) is 10.3 Å². The van der Waals surface area contributed by atoms with Crippen molar-refractivity contribution in [3.05, 3.63) is 24.0 Å². The molecule has 0 bridgehead atoms. The number of piperidine rings is 1. The highest BCUT2D eigenvalue weighted by Crippen LogP contribution is 2.24. The third-order valence-electron chi connectivity index (χ3n) is 3.38. The molecule has 0 saturated carbocycles. The lowest BCUT2D eigenvalue weighted by atomic mass is 10.0. The van der Waals surface area contributed by atoms with Gasteiger partial charge in [0.25, 0.3) is 0 Å². The number of nitrogens with one attached hydrogen (secondary N) is 1. The maximum absolute atomic E-state index is 11.9. The molecular formula is C13H18N4OS. The molecule has 1 fully saturated rings. The van der Waals surface area contributed by atoms with E-state index in [9.17, 15) is 4.79 Å². The van der Waals surface area contributed by atoms with Gasteiger partial charge in [-0.3, -0.25) is 9.78 Å². The minimum atomic E-state index is -0.115. The van der Waals surface area contributed by atoms with Gasteiger partial charge in [0, 0.05) is 13.6 Å². The van der Waals surface area contributed by atoms with E-state index >= 15 is 0 Å². The molecule has 102 valence electrons. The van der Waals surface area contributed by atoms with Gasteiger partial charge in [0.1, 0.15) is 11.0 Å². The van der Waals surface area contributed by atoms with Crippen molar-refractivity contribution >= 4 is 28.8 Å². The predicted molar refractivity (Wildman–Crippen MR) is 79.2 cm³/mol.